The summed E-state index contributed by atoms with van der Waals surface area (Å²) in [5.41, 5.74) is 2.82. The number of benzene rings is 1. The SMILES string of the molecule is Cc1cc(C#Cc2ccccc2)cnc1NC(=O)c1c(Cl)cnn1CC1CCN(C(=O)C2CC2)CC1. The molecule has 3 aromatic rings. The molecule has 0 atom stereocenters. The van der Waals surface area contributed by atoms with Gasteiger partial charge >= 0.3 is 0 Å². The van der Waals surface area contributed by atoms with Crippen molar-refractivity contribution in [2.45, 2.75) is 39.2 Å². The van der Waals surface area contributed by atoms with Gasteiger partial charge in [-0.2, -0.15) is 5.10 Å². The van der Waals surface area contributed by atoms with Gasteiger partial charge < -0.3 is 10.2 Å². The number of carbonyl (C=O) groups is 2. The van der Waals surface area contributed by atoms with Crippen LogP contribution in [0.2, 0.25) is 5.02 Å². The summed E-state index contributed by atoms with van der Waals surface area (Å²) in [5.74, 6) is 7.22. The van der Waals surface area contributed by atoms with Crippen LogP contribution in [0, 0.1) is 30.6 Å². The largest absolute Gasteiger partial charge is 0.342 e. The van der Waals surface area contributed by atoms with Crippen molar-refractivity contribution in [1.29, 1.82) is 0 Å². The summed E-state index contributed by atoms with van der Waals surface area (Å²) < 4.78 is 1.68. The van der Waals surface area contributed by atoms with Crippen molar-refractivity contribution in [3.8, 4) is 11.8 Å². The lowest BCUT2D eigenvalue weighted by Gasteiger charge is -2.32. The highest BCUT2D eigenvalue weighted by Crippen LogP contribution is 2.33. The van der Waals surface area contributed by atoms with Crippen molar-refractivity contribution in [1.82, 2.24) is 19.7 Å². The number of likely N-dealkylation sites (tertiary alicyclic amines) is 1. The monoisotopic (exact) mass is 501 g/mol. The Morgan fingerprint density at radius 3 is 2.47 bits per heavy atom. The number of piperidine rings is 1. The zero-order valence-corrected chi connectivity index (χ0v) is 21.0. The number of aryl methyl sites for hydroxylation is 1. The van der Waals surface area contributed by atoms with Crippen molar-refractivity contribution < 1.29 is 9.59 Å². The van der Waals surface area contributed by atoms with Crippen LogP contribution in [-0.2, 0) is 11.3 Å². The van der Waals surface area contributed by atoms with Gasteiger partial charge in [0, 0.05) is 42.9 Å². The number of amides is 2. The maximum atomic E-state index is 13.2. The Labute approximate surface area is 215 Å². The minimum Gasteiger partial charge on any atom is -0.342 e. The van der Waals surface area contributed by atoms with Gasteiger partial charge in [0.15, 0.2) is 0 Å². The molecule has 8 heteroatoms. The first-order valence-corrected chi connectivity index (χ1v) is 12.7. The zero-order valence-electron chi connectivity index (χ0n) is 20.2. The van der Waals surface area contributed by atoms with Crippen LogP contribution in [0.25, 0.3) is 0 Å². The molecule has 0 radical (unpaired) electrons. The van der Waals surface area contributed by atoms with E-state index in [4.69, 9.17) is 11.6 Å². The third-order valence-corrected chi connectivity index (χ3v) is 7.01. The fourth-order valence-corrected chi connectivity index (χ4v) is 4.73. The van der Waals surface area contributed by atoms with E-state index < -0.39 is 0 Å². The molecule has 1 saturated carbocycles. The fraction of sp³-hybridized carbons (Fsp3) is 0.357. The number of hydrogen-bond acceptors (Lipinski definition) is 4. The van der Waals surface area contributed by atoms with Crippen LogP contribution in [0.15, 0.2) is 48.8 Å². The van der Waals surface area contributed by atoms with E-state index in [0.717, 1.165) is 55.5 Å². The van der Waals surface area contributed by atoms with E-state index in [2.05, 4.69) is 27.2 Å². The van der Waals surface area contributed by atoms with Crippen LogP contribution in [0.3, 0.4) is 0 Å². The van der Waals surface area contributed by atoms with Crippen molar-refractivity contribution in [3.05, 3.63) is 76.2 Å². The Morgan fingerprint density at radius 1 is 1.06 bits per heavy atom. The van der Waals surface area contributed by atoms with E-state index in [1.807, 2.05) is 48.2 Å². The van der Waals surface area contributed by atoms with Gasteiger partial charge in [-0.05, 0) is 62.3 Å². The minimum absolute atomic E-state index is 0.254. The fourth-order valence-electron chi connectivity index (χ4n) is 4.50. The van der Waals surface area contributed by atoms with Crippen LogP contribution in [0.5, 0.6) is 0 Å². The number of carbonyl (C=O) groups excluding carboxylic acids is 2. The van der Waals surface area contributed by atoms with Crippen LogP contribution >= 0.6 is 11.6 Å². The molecule has 0 bridgehead atoms. The highest BCUT2D eigenvalue weighted by molar-refractivity contribution is 6.34. The molecule has 0 unspecified atom stereocenters. The second-order valence-electron chi connectivity index (χ2n) is 9.53. The molecule has 1 aliphatic carbocycles. The number of anilines is 1. The molecule has 2 aromatic heterocycles. The first-order chi connectivity index (χ1) is 17.5. The topological polar surface area (TPSA) is 80.1 Å². The Morgan fingerprint density at radius 2 is 1.78 bits per heavy atom. The molecule has 1 aromatic carbocycles. The Hall–Kier alpha value is -3.63. The van der Waals surface area contributed by atoms with Gasteiger partial charge in [-0.25, -0.2) is 4.98 Å². The van der Waals surface area contributed by atoms with Crippen molar-refractivity contribution in [2.24, 2.45) is 11.8 Å². The molecule has 1 aliphatic heterocycles. The molecule has 7 nitrogen and oxygen atoms in total. The van der Waals surface area contributed by atoms with E-state index in [1.54, 1.807) is 10.9 Å². The molecule has 184 valence electrons. The smallest absolute Gasteiger partial charge is 0.276 e. The quantitative estimate of drug-likeness (QED) is 0.520. The van der Waals surface area contributed by atoms with Gasteiger partial charge in [0.2, 0.25) is 5.91 Å². The second-order valence-corrected chi connectivity index (χ2v) is 9.93. The number of pyridine rings is 1. The van der Waals surface area contributed by atoms with E-state index in [9.17, 15) is 9.59 Å². The van der Waals surface area contributed by atoms with Gasteiger partial charge in [-0.3, -0.25) is 14.3 Å². The first kappa shape index (κ1) is 24.1. The van der Waals surface area contributed by atoms with E-state index in [1.165, 1.54) is 6.20 Å². The molecule has 5 rings (SSSR count). The molecular formula is C28H28ClN5O2. The number of halogens is 1. The average molecular weight is 502 g/mol. The third kappa shape index (κ3) is 5.60. The van der Waals surface area contributed by atoms with Gasteiger partial charge in [0.05, 0.1) is 11.2 Å². The van der Waals surface area contributed by atoms with Crippen LogP contribution < -0.4 is 5.32 Å². The van der Waals surface area contributed by atoms with E-state index in [0.29, 0.717) is 34.9 Å². The molecular weight excluding hydrogens is 474 g/mol. The van der Waals surface area contributed by atoms with Crippen LogP contribution in [0.1, 0.15) is 52.9 Å². The van der Waals surface area contributed by atoms with Gasteiger partial charge in [0.1, 0.15) is 11.5 Å². The van der Waals surface area contributed by atoms with Gasteiger partial charge in [-0.15, -0.1) is 0 Å². The molecule has 0 spiro atoms. The molecule has 1 N–H and O–H groups in total. The molecule has 2 fully saturated rings. The normalized spacial score (nSPS) is 15.8. The summed E-state index contributed by atoms with van der Waals surface area (Å²) in [4.78, 5) is 31.9. The van der Waals surface area contributed by atoms with Crippen LogP contribution in [0.4, 0.5) is 5.82 Å². The maximum Gasteiger partial charge on any atom is 0.276 e. The van der Waals surface area contributed by atoms with Crippen molar-refractivity contribution in [3.63, 3.8) is 0 Å². The third-order valence-electron chi connectivity index (χ3n) is 6.73. The lowest BCUT2D eigenvalue weighted by Crippen LogP contribution is -2.40. The van der Waals surface area contributed by atoms with Crippen molar-refractivity contribution >= 4 is 29.2 Å². The highest BCUT2D eigenvalue weighted by Gasteiger charge is 2.35. The Balaban J connectivity index is 1.22. The standard InChI is InChI=1S/C28H28ClN5O2/c1-19-15-22(8-7-20-5-3-2-4-6-20)16-30-26(19)32-27(35)25-24(29)17-31-34(25)18-21-11-13-33(14-12-21)28(36)23-9-10-23/h2-6,15-17,21,23H,9-14,18H2,1H3,(H,30,32,35). The summed E-state index contributed by atoms with van der Waals surface area (Å²) >= 11 is 6.36. The number of nitrogens with one attached hydrogen (secondary N) is 1. The zero-order chi connectivity index (χ0) is 25.1. The van der Waals surface area contributed by atoms with Crippen molar-refractivity contribution in [2.75, 3.05) is 18.4 Å². The predicted octanol–water partition coefficient (Wildman–Crippen LogP) is 4.54. The average Bonchev–Trinajstić information content (AvgIpc) is 3.68. The van der Waals surface area contributed by atoms with E-state index >= 15 is 0 Å². The first-order valence-electron chi connectivity index (χ1n) is 12.3. The molecule has 1 saturated heterocycles. The minimum atomic E-state index is -0.349. The predicted molar refractivity (Wildman–Crippen MR) is 139 cm³/mol. The maximum absolute atomic E-state index is 13.2. The highest BCUT2D eigenvalue weighted by atomic mass is 35.5. The number of aromatic nitrogens is 3. The summed E-state index contributed by atoms with van der Waals surface area (Å²) in [6.07, 6.45) is 6.99. The number of hydrogen-bond donors (Lipinski definition) is 1. The molecule has 36 heavy (non-hydrogen) atoms. The summed E-state index contributed by atoms with van der Waals surface area (Å²) in [5, 5.41) is 7.54. The lowest BCUT2D eigenvalue weighted by atomic mass is 9.96. The van der Waals surface area contributed by atoms with Crippen LogP contribution in [-0.4, -0.2) is 44.6 Å². The van der Waals surface area contributed by atoms with E-state index in [-0.39, 0.29) is 11.8 Å². The Bertz CT molecular complexity index is 1330. The molecule has 2 amide bonds. The molecule has 3 heterocycles. The summed E-state index contributed by atoms with van der Waals surface area (Å²) in [6.45, 7) is 3.99. The Kier molecular flexibility index (Phi) is 7.06. The summed E-state index contributed by atoms with van der Waals surface area (Å²) in [7, 11) is 0. The lowest BCUT2D eigenvalue weighted by molar-refractivity contribution is -0.134. The van der Waals surface area contributed by atoms with Gasteiger partial charge in [0.25, 0.3) is 5.91 Å². The number of nitrogens with zero attached hydrogens (tertiary/aromatic N) is 4. The number of rotatable bonds is 5. The van der Waals surface area contributed by atoms with Gasteiger partial charge in [-0.1, -0.05) is 41.6 Å². The second kappa shape index (κ2) is 10.5. The molecule has 2 aliphatic rings. The summed E-state index contributed by atoms with van der Waals surface area (Å²) in [6, 6.07) is 11.6.